The van der Waals surface area contributed by atoms with Gasteiger partial charge in [-0.25, -0.2) is 0 Å². The minimum Gasteiger partial charge on any atom is -0.495 e. The van der Waals surface area contributed by atoms with Crippen LogP contribution in [0.15, 0.2) is 29.6 Å². The molecule has 0 aliphatic carbocycles. The van der Waals surface area contributed by atoms with E-state index in [-0.39, 0.29) is 5.91 Å². The van der Waals surface area contributed by atoms with Crippen LogP contribution in [-0.2, 0) is 11.2 Å². The van der Waals surface area contributed by atoms with Gasteiger partial charge < -0.3 is 10.1 Å². The largest absolute Gasteiger partial charge is 0.495 e. The fraction of sp³-hybridized carbons (Fsp3) is 0.267. The van der Waals surface area contributed by atoms with Crippen LogP contribution in [0.4, 0.5) is 5.69 Å². The number of amides is 1. The second kappa shape index (κ2) is 6.77. The normalized spacial score (nSPS) is 10.3. The van der Waals surface area contributed by atoms with Crippen LogP contribution in [0, 0.1) is 6.92 Å². The maximum Gasteiger partial charge on any atom is 0.224 e. The first-order valence-corrected chi connectivity index (χ1v) is 7.52. The number of hydrogen-bond donors (Lipinski definition) is 1. The number of aryl methyl sites for hydroxylation is 2. The second-order valence-corrected chi connectivity index (χ2v) is 5.87. The minimum atomic E-state index is -0.0292. The number of rotatable bonds is 5. The Hall–Kier alpha value is -1.52. The van der Waals surface area contributed by atoms with Gasteiger partial charge in [0.05, 0.1) is 12.8 Å². The Morgan fingerprint density at radius 2 is 2.25 bits per heavy atom. The summed E-state index contributed by atoms with van der Waals surface area (Å²) < 4.78 is 5.24. The number of ether oxygens (including phenoxy) is 1. The van der Waals surface area contributed by atoms with Crippen molar-refractivity contribution in [3.05, 3.63) is 45.1 Å². The standard InChI is InChI=1S/C15H16ClNO2S/c1-10-8-13(14(19-2)9-12(10)16)17-15(18)6-5-11-4-3-7-20-11/h3-4,7-9H,5-6H2,1-2H3,(H,17,18). The Balaban J connectivity index is 2.01. The molecule has 0 aliphatic heterocycles. The van der Waals surface area contributed by atoms with E-state index in [1.807, 2.05) is 30.5 Å². The van der Waals surface area contributed by atoms with Crippen LogP contribution in [0.3, 0.4) is 0 Å². The Morgan fingerprint density at radius 1 is 1.45 bits per heavy atom. The number of nitrogens with one attached hydrogen (secondary N) is 1. The molecule has 2 rings (SSSR count). The topological polar surface area (TPSA) is 38.3 Å². The molecule has 0 saturated heterocycles. The summed E-state index contributed by atoms with van der Waals surface area (Å²) in [6.07, 6.45) is 1.20. The van der Waals surface area contributed by atoms with Gasteiger partial charge in [0.2, 0.25) is 5.91 Å². The number of benzene rings is 1. The van der Waals surface area contributed by atoms with Gasteiger partial charge in [-0.2, -0.15) is 0 Å². The van der Waals surface area contributed by atoms with Gasteiger partial charge in [0.15, 0.2) is 0 Å². The van der Waals surface area contributed by atoms with Crippen LogP contribution in [0.25, 0.3) is 0 Å². The summed E-state index contributed by atoms with van der Waals surface area (Å²) >= 11 is 7.70. The molecule has 20 heavy (non-hydrogen) atoms. The summed E-state index contributed by atoms with van der Waals surface area (Å²) in [7, 11) is 1.56. The maximum absolute atomic E-state index is 12.0. The third-order valence-electron chi connectivity index (χ3n) is 2.93. The summed E-state index contributed by atoms with van der Waals surface area (Å²) in [5.41, 5.74) is 1.56. The number of anilines is 1. The molecule has 5 heteroatoms. The van der Waals surface area contributed by atoms with Gasteiger partial charge in [-0.3, -0.25) is 4.79 Å². The average molecular weight is 310 g/mol. The van der Waals surface area contributed by atoms with Crippen molar-refractivity contribution in [1.29, 1.82) is 0 Å². The molecule has 0 bridgehead atoms. The molecule has 1 N–H and O–H groups in total. The second-order valence-electron chi connectivity index (χ2n) is 4.43. The Morgan fingerprint density at radius 3 is 2.90 bits per heavy atom. The van der Waals surface area contributed by atoms with Crippen molar-refractivity contribution in [2.45, 2.75) is 19.8 Å². The third kappa shape index (κ3) is 3.74. The van der Waals surface area contributed by atoms with Crippen molar-refractivity contribution < 1.29 is 9.53 Å². The number of hydrogen-bond acceptors (Lipinski definition) is 3. The van der Waals surface area contributed by atoms with E-state index in [4.69, 9.17) is 16.3 Å². The molecule has 0 spiro atoms. The third-order valence-corrected chi connectivity index (χ3v) is 4.28. The predicted octanol–water partition coefficient (Wildman–Crippen LogP) is 4.29. The minimum absolute atomic E-state index is 0.0292. The first kappa shape index (κ1) is 14.9. The molecule has 0 fully saturated rings. The zero-order valence-electron chi connectivity index (χ0n) is 11.4. The van der Waals surface area contributed by atoms with Crippen LogP contribution in [0.1, 0.15) is 16.9 Å². The van der Waals surface area contributed by atoms with E-state index in [2.05, 4.69) is 5.32 Å². The number of halogens is 1. The van der Waals surface area contributed by atoms with Crippen LogP contribution in [0.2, 0.25) is 5.02 Å². The molecule has 1 amide bonds. The van der Waals surface area contributed by atoms with E-state index in [0.29, 0.717) is 22.9 Å². The van der Waals surface area contributed by atoms with E-state index < -0.39 is 0 Å². The van der Waals surface area contributed by atoms with Crippen molar-refractivity contribution >= 4 is 34.5 Å². The molecule has 0 saturated carbocycles. The summed E-state index contributed by atoms with van der Waals surface area (Å²) in [6, 6.07) is 7.56. The Bertz CT molecular complexity index is 596. The molecule has 1 heterocycles. The summed E-state index contributed by atoms with van der Waals surface area (Å²) in [5, 5.41) is 5.51. The lowest BCUT2D eigenvalue weighted by Gasteiger charge is -2.12. The summed E-state index contributed by atoms with van der Waals surface area (Å²) in [6.45, 7) is 1.89. The lowest BCUT2D eigenvalue weighted by molar-refractivity contribution is -0.116. The van der Waals surface area contributed by atoms with Gasteiger partial charge >= 0.3 is 0 Å². The molecule has 0 radical (unpaired) electrons. The number of thiophene rings is 1. The van der Waals surface area contributed by atoms with Crippen molar-refractivity contribution in [3.8, 4) is 5.75 Å². The van der Waals surface area contributed by atoms with Crippen molar-refractivity contribution in [2.75, 3.05) is 12.4 Å². The van der Waals surface area contributed by atoms with Crippen LogP contribution in [0.5, 0.6) is 5.75 Å². The van der Waals surface area contributed by atoms with Gasteiger partial charge in [0.1, 0.15) is 5.75 Å². The predicted molar refractivity (Wildman–Crippen MR) is 84.0 cm³/mol. The molecular weight excluding hydrogens is 294 g/mol. The van der Waals surface area contributed by atoms with Crippen molar-refractivity contribution in [1.82, 2.24) is 0 Å². The first-order chi connectivity index (χ1) is 9.60. The smallest absolute Gasteiger partial charge is 0.224 e. The van der Waals surface area contributed by atoms with E-state index in [1.165, 1.54) is 4.88 Å². The molecule has 0 aliphatic rings. The van der Waals surface area contributed by atoms with E-state index in [0.717, 1.165) is 12.0 Å². The molecule has 0 unspecified atom stereocenters. The summed E-state index contributed by atoms with van der Waals surface area (Å²) in [4.78, 5) is 13.2. The lowest BCUT2D eigenvalue weighted by Crippen LogP contribution is -2.13. The quantitative estimate of drug-likeness (QED) is 0.894. The van der Waals surface area contributed by atoms with Gasteiger partial charge in [-0.05, 0) is 36.4 Å². The van der Waals surface area contributed by atoms with Gasteiger partial charge in [-0.15, -0.1) is 11.3 Å². The van der Waals surface area contributed by atoms with E-state index >= 15 is 0 Å². The lowest BCUT2D eigenvalue weighted by atomic mass is 10.2. The number of carbonyl (C=O) groups excluding carboxylic acids is 1. The van der Waals surface area contributed by atoms with Crippen molar-refractivity contribution in [2.24, 2.45) is 0 Å². The van der Waals surface area contributed by atoms with Gasteiger partial charge in [-0.1, -0.05) is 17.7 Å². The highest BCUT2D eigenvalue weighted by molar-refractivity contribution is 7.09. The van der Waals surface area contributed by atoms with Gasteiger partial charge in [0, 0.05) is 22.4 Å². The Kier molecular flexibility index (Phi) is 5.04. The molecule has 3 nitrogen and oxygen atoms in total. The highest BCUT2D eigenvalue weighted by Crippen LogP contribution is 2.31. The SMILES string of the molecule is COc1cc(Cl)c(C)cc1NC(=O)CCc1cccs1. The molecular formula is C15H16ClNO2S. The molecule has 2 aromatic rings. The zero-order chi connectivity index (χ0) is 14.5. The van der Waals surface area contributed by atoms with E-state index in [1.54, 1.807) is 24.5 Å². The number of carbonyl (C=O) groups is 1. The molecule has 1 aromatic heterocycles. The fourth-order valence-electron chi connectivity index (χ4n) is 1.83. The summed E-state index contributed by atoms with van der Waals surface area (Å²) in [5.74, 6) is 0.545. The monoisotopic (exact) mass is 309 g/mol. The highest BCUT2D eigenvalue weighted by Gasteiger charge is 2.10. The number of methoxy groups -OCH3 is 1. The van der Waals surface area contributed by atoms with Crippen LogP contribution < -0.4 is 10.1 Å². The first-order valence-electron chi connectivity index (χ1n) is 6.26. The van der Waals surface area contributed by atoms with Gasteiger partial charge in [0.25, 0.3) is 0 Å². The molecule has 1 aromatic carbocycles. The van der Waals surface area contributed by atoms with Crippen LogP contribution in [-0.4, -0.2) is 13.0 Å². The molecule has 106 valence electrons. The highest BCUT2D eigenvalue weighted by atomic mass is 35.5. The maximum atomic E-state index is 12.0. The van der Waals surface area contributed by atoms with E-state index in [9.17, 15) is 4.79 Å². The molecule has 0 atom stereocenters. The zero-order valence-corrected chi connectivity index (χ0v) is 13.0. The average Bonchev–Trinajstić information content (AvgIpc) is 2.93. The Labute approximate surface area is 127 Å². The van der Waals surface area contributed by atoms with Crippen molar-refractivity contribution in [3.63, 3.8) is 0 Å². The van der Waals surface area contributed by atoms with Crippen LogP contribution >= 0.6 is 22.9 Å². The fourth-order valence-corrected chi connectivity index (χ4v) is 2.70.